The minimum absolute atomic E-state index is 0.173. The van der Waals surface area contributed by atoms with Gasteiger partial charge in [0.25, 0.3) is 5.91 Å². The van der Waals surface area contributed by atoms with Gasteiger partial charge in [0, 0.05) is 11.6 Å². The predicted octanol–water partition coefficient (Wildman–Crippen LogP) is 4.01. The normalized spacial score (nSPS) is 13.5. The number of ether oxygens (including phenoxy) is 1. The summed E-state index contributed by atoms with van der Waals surface area (Å²) in [5.74, 6) is 1.06. The van der Waals surface area contributed by atoms with Gasteiger partial charge in [-0.25, -0.2) is 4.68 Å². The monoisotopic (exact) mass is 333 g/mol. The molecule has 1 N–H and O–H groups in total. The first-order valence-corrected chi connectivity index (χ1v) is 8.35. The van der Waals surface area contributed by atoms with E-state index in [-0.39, 0.29) is 5.91 Å². The predicted molar refractivity (Wildman–Crippen MR) is 96.5 cm³/mol. The van der Waals surface area contributed by atoms with Crippen LogP contribution in [0.5, 0.6) is 5.75 Å². The number of hydrogen-bond acceptors (Lipinski definition) is 3. The Balaban J connectivity index is 1.64. The van der Waals surface area contributed by atoms with E-state index >= 15 is 0 Å². The molecule has 3 aromatic rings. The molecular formula is C20H19N3O2. The number of benzene rings is 2. The van der Waals surface area contributed by atoms with Gasteiger partial charge < -0.3 is 10.1 Å². The third-order valence-electron chi connectivity index (χ3n) is 4.31. The van der Waals surface area contributed by atoms with Gasteiger partial charge >= 0.3 is 0 Å². The van der Waals surface area contributed by atoms with Crippen LogP contribution in [-0.4, -0.2) is 22.8 Å². The lowest BCUT2D eigenvalue weighted by Gasteiger charge is -2.09. The molecule has 4 rings (SSSR count). The van der Waals surface area contributed by atoms with Crippen molar-refractivity contribution < 1.29 is 9.53 Å². The van der Waals surface area contributed by atoms with E-state index in [1.807, 2.05) is 60.7 Å². The van der Waals surface area contributed by atoms with Gasteiger partial charge in [0.2, 0.25) is 0 Å². The van der Waals surface area contributed by atoms with E-state index in [1.165, 1.54) is 0 Å². The molecule has 1 fully saturated rings. The highest BCUT2D eigenvalue weighted by Crippen LogP contribution is 2.39. The molecule has 0 spiro atoms. The molecule has 1 amide bonds. The standard InChI is InChI=1S/C20H19N3O2/c1-25-17-11-9-15(10-12-17)21-20(24)19-13-18(14-7-8-14)22-23(19)16-5-3-2-4-6-16/h2-6,9-14H,7-8H2,1H3,(H,21,24). The van der Waals surface area contributed by atoms with Gasteiger partial charge in [-0.1, -0.05) is 18.2 Å². The summed E-state index contributed by atoms with van der Waals surface area (Å²) in [6.07, 6.45) is 2.29. The molecule has 1 aromatic heterocycles. The number of nitrogens with one attached hydrogen (secondary N) is 1. The van der Waals surface area contributed by atoms with E-state index in [9.17, 15) is 4.79 Å². The summed E-state index contributed by atoms with van der Waals surface area (Å²) in [7, 11) is 1.62. The molecule has 0 unspecified atom stereocenters. The molecule has 0 bridgehead atoms. The maximum absolute atomic E-state index is 12.8. The van der Waals surface area contributed by atoms with Gasteiger partial charge in [0.15, 0.2) is 0 Å². The number of carbonyl (C=O) groups is 1. The van der Waals surface area contributed by atoms with Crippen molar-refractivity contribution in [3.8, 4) is 11.4 Å². The summed E-state index contributed by atoms with van der Waals surface area (Å²) in [5, 5.41) is 7.61. The molecule has 5 nitrogen and oxygen atoms in total. The molecule has 5 heteroatoms. The fourth-order valence-electron chi connectivity index (χ4n) is 2.78. The van der Waals surface area contributed by atoms with Crippen molar-refractivity contribution in [2.75, 3.05) is 12.4 Å². The summed E-state index contributed by atoms with van der Waals surface area (Å²) in [6, 6.07) is 18.9. The molecule has 0 radical (unpaired) electrons. The fraction of sp³-hybridized carbons (Fsp3) is 0.200. The number of rotatable bonds is 5. The van der Waals surface area contributed by atoms with E-state index in [2.05, 4.69) is 10.4 Å². The number of hydrogen-bond donors (Lipinski definition) is 1. The highest BCUT2D eigenvalue weighted by molar-refractivity contribution is 6.03. The highest BCUT2D eigenvalue weighted by atomic mass is 16.5. The Bertz CT molecular complexity index is 881. The van der Waals surface area contributed by atoms with Crippen molar-refractivity contribution in [1.29, 1.82) is 0 Å². The maximum atomic E-state index is 12.8. The number of anilines is 1. The molecule has 2 aromatic carbocycles. The molecule has 1 aliphatic rings. The first-order chi connectivity index (χ1) is 12.2. The van der Waals surface area contributed by atoms with Crippen LogP contribution in [0.2, 0.25) is 0 Å². The first kappa shape index (κ1) is 15.4. The van der Waals surface area contributed by atoms with Crippen molar-refractivity contribution >= 4 is 11.6 Å². The number of carbonyl (C=O) groups excluding carboxylic acids is 1. The van der Waals surface area contributed by atoms with Crippen LogP contribution in [0.4, 0.5) is 5.69 Å². The average molecular weight is 333 g/mol. The smallest absolute Gasteiger partial charge is 0.274 e. The summed E-state index contributed by atoms with van der Waals surface area (Å²) < 4.78 is 6.87. The molecule has 25 heavy (non-hydrogen) atoms. The Kier molecular flexibility index (Phi) is 3.98. The lowest BCUT2D eigenvalue weighted by molar-refractivity contribution is 0.101. The number of methoxy groups -OCH3 is 1. The van der Waals surface area contributed by atoms with Crippen LogP contribution in [0.15, 0.2) is 60.7 Å². The molecule has 0 saturated heterocycles. The zero-order valence-electron chi connectivity index (χ0n) is 14.0. The number of aromatic nitrogens is 2. The van der Waals surface area contributed by atoms with Gasteiger partial charge in [0.05, 0.1) is 18.5 Å². The van der Waals surface area contributed by atoms with Gasteiger partial charge in [-0.15, -0.1) is 0 Å². The zero-order chi connectivity index (χ0) is 17.2. The van der Waals surface area contributed by atoms with E-state index in [0.717, 1.165) is 35.7 Å². The third-order valence-corrected chi connectivity index (χ3v) is 4.31. The van der Waals surface area contributed by atoms with Crippen LogP contribution in [0.3, 0.4) is 0 Å². The summed E-state index contributed by atoms with van der Waals surface area (Å²) in [4.78, 5) is 12.8. The van der Waals surface area contributed by atoms with Crippen molar-refractivity contribution in [2.24, 2.45) is 0 Å². The van der Waals surface area contributed by atoms with Gasteiger partial charge in [-0.3, -0.25) is 4.79 Å². The number of para-hydroxylation sites is 1. The molecule has 1 heterocycles. The van der Waals surface area contributed by atoms with Crippen LogP contribution >= 0.6 is 0 Å². The SMILES string of the molecule is COc1ccc(NC(=O)c2cc(C3CC3)nn2-c2ccccc2)cc1. The van der Waals surface area contributed by atoms with Gasteiger partial charge in [-0.2, -0.15) is 5.10 Å². The summed E-state index contributed by atoms with van der Waals surface area (Å²) in [5.41, 5.74) is 3.14. The first-order valence-electron chi connectivity index (χ1n) is 8.35. The van der Waals surface area contributed by atoms with Crippen molar-refractivity contribution in [3.63, 3.8) is 0 Å². The van der Waals surface area contributed by atoms with E-state index in [0.29, 0.717) is 11.6 Å². The Labute approximate surface area is 146 Å². The van der Waals surface area contributed by atoms with Gasteiger partial charge in [0.1, 0.15) is 11.4 Å². The van der Waals surface area contributed by atoms with Crippen LogP contribution in [0, 0.1) is 0 Å². The lowest BCUT2D eigenvalue weighted by Crippen LogP contribution is -2.16. The second kappa shape index (κ2) is 6.43. The Hall–Kier alpha value is -3.08. The molecule has 1 saturated carbocycles. The highest BCUT2D eigenvalue weighted by Gasteiger charge is 2.29. The fourth-order valence-corrected chi connectivity index (χ4v) is 2.78. The largest absolute Gasteiger partial charge is 0.497 e. The minimum atomic E-state index is -0.173. The molecule has 0 aliphatic heterocycles. The molecule has 126 valence electrons. The third kappa shape index (κ3) is 3.26. The average Bonchev–Trinajstić information content (AvgIpc) is 3.41. The van der Waals surface area contributed by atoms with Crippen molar-refractivity contribution in [2.45, 2.75) is 18.8 Å². The Morgan fingerprint density at radius 1 is 1.12 bits per heavy atom. The van der Waals surface area contributed by atoms with E-state index in [4.69, 9.17) is 4.74 Å². The zero-order valence-corrected chi connectivity index (χ0v) is 14.0. The summed E-state index contributed by atoms with van der Waals surface area (Å²) >= 11 is 0. The number of nitrogens with zero attached hydrogens (tertiary/aromatic N) is 2. The second-order valence-corrected chi connectivity index (χ2v) is 6.16. The Morgan fingerprint density at radius 3 is 2.48 bits per heavy atom. The second-order valence-electron chi connectivity index (χ2n) is 6.16. The topological polar surface area (TPSA) is 56.1 Å². The van der Waals surface area contributed by atoms with Crippen LogP contribution in [-0.2, 0) is 0 Å². The minimum Gasteiger partial charge on any atom is -0.497 e. The quantitative estimate of drug-likeness (QED) is 0.767. The molecule has 0 atom stereocenters. The maximum Gasteiger partial charge on any atom is 0.274 e. The van der Waals surface area contributed by atoms with E-state index < -0.39 is 0 Å². The Morgan fingerprint density at radius 2 is 1.84 bits per heavy atom. The molecule has 1 aliphatic carbocycles. The van der Waals surface area contributed by atoms with Gasteiger partial charge in [-0.05, 0) is 55.3 Å². The van der Waals surface area contributed by atoms with Crippen molar-refractivity contribution in [3.05, 3.63) is 72.1 Å². The van der Waals surface area contributed by atoms with Crippen molar-refractivity contribution in [1.82, 2.24) is 9.78 Å². The molecular weight excluding hydrogens is 314 g/mol. The van der Waals surface area contributed by atoms with Crippen LogP contribution < -0.4 is 10.1 Å². The number of amides is 1. The van der Waals surface area contributed by atoms with Crippen LogP contribution in [0.1, 0.15) is 34.9 Å². The lowest BCUT2D eigenvalue weighted by atomic mass is 10.2. The van der Waals surface area contributed by atoms with Crippen LogP contribution in [0.25, 0.3) is 5.69 Å². The van der Waals surface area contributed by atoms with E-state index in [1.54, 1.807) is 11.8 Å². The summed E-state index contributed by atoms with van der Waals surface area (Å²) in [6.45, 7) is 0.